The minimum atomic E-state index is 0.173. The van der Waals surface area contributed by atoms with Crippen molar-refractivity contribution in [3.8, 4) is 11.5 Å². The van der Waals surface area contributed by atoms with Crippen molar-refractivity contribution in [1.82, 2.24) is 9.80 Å². The van der Waals surface area contributed by atoms with E-state index < -0.39 is 0 Å². The zero-order valence-electron chi connectivity index (χ0n) is 17.0. The molecule has 29 heavy (non-hydrogen) atoms. The van der Waals surface area contributed by atoms with Crippen molar-refractivity contribution in [2.45, 2.75) is 18.9 Å². The molecule has 2 fully saturated rings. The Balaban J connectivity index is 1.32. The molecule has 2 aromatic carbocycles. The van der Waals surface area contributed by atoms with Crippen LogP contribution in [-0.2, 0) is 4.79 Å². The fourth-order valence-corrected chi connectivity index (χ4v) is 4.35. The van der Waals surface area contributed by atoms with Crippen LogP contribution < -0.4 is 9.64 Å². The van der Waals surface area contributed by atoms with Crippen LogP contribution in [0.2, 0.25) is 0 Å². The van der Waals surface area contributed by atoms with E-state index in [2.05, 4.69) is 21.9 Å². The molecule has 154 valence electrons. The maximum Gasteiger partial charge on any atom is 0.237 e. The molecule has 2 heterocycles. The standard InChI is InChI=1S/C23H29N3O3/c1-29-21-10-4-18(5-11-21)22-3-2-12-26(22)23(28)17-24-13-15-25(16-14-24)19-6-8-20(27)9-7-19/h4-11,22,27H,2-3,12-17H2,1H3. The zero-order chi connectivity index (χ0) is 20.2. The van der Waals surface area contributed by atoms with Gasteiger partial charge in [0.2, 0.25) is 5.91 Å². The molecule has 0 spiro atoms. The molecule has 4 rings (SSSR count). The molecule has 0 bridgehead atoms. The summed E-state index contributed by atoms with van der Waals surface area (Å²) in [5.74, 6) is 1.35. The molecule has 1 amide bonds. The predicted octanol–water partition coefficient (Wildman–Crippen LogP) is 2.89. The molecule has 0 radical (unpaired) electrons. The number of anilines is 1. The first-order chi connectivity index (χ1) is 14.1. The molecule has 6 nitrogen and oxygen atoms in total. The van der Waals surface area contributed by atoms with Crippen molar-refractivity contribution in [2.75, 3.05) is 51.3 Å². The van der Waals surface area contributed by atoms with Crippen molar-refractivity contribution in [2.24, 2.45) is 0 Å². The summed E-state index contributed by atoms with van der Waals surface area (Å²) in [4.78, 5) is 19.6. The number of phenols is 1. The number of aromatic hydroxyl groups is 1. The lowest BCUT2D eigenvalue weighted by molar-refractivity contribution is -0.133. The van der Waals surface area contributed by atoms with Crippen LogP contribution >= 0.6 is 0 Å². The number of amides is 1. The first-order valence-corrected chi connectivity index (χ1v) is 10.3. The molecule has 1 N–H and O–H groups in total. The molecular formula is C23H29N3O3. The molecule has 0 aliphatic carbocycles. The van der Waals surface area contributed by atoms with Crippen molar-refractivity contribution in [3.63, 3.8) is 0 Å². The highest BCUT2D eigenvalue weighted by atomic mass is 16.5. The topological polar surface area (TPSA) is 56.2 Å². The number of carbonyl (C=O) groups is 1. The Morgan fingerprint density at radius 1 is 1.00 bits per heavy atom. The van der Waals surface area contributed by atoms with Crippen molar-refractivity contribution in [1.29, 1.82) is 0 Å². The summed E-state index contributed by atoms with van der Waals surface area (Å²) in [6.45, 7) is 4.83. The highest BCUT2D eigenvalue weighted by molar-refractivity contribution is 5.79. The number of benzene rings is 2. The van der Waals surface area contributed by atoms with Gasteiger partial charge in [-0.25, -0.2) is 0 Å². The maximum atomic E-state index is 13.0. The van der Waals surface area contributed by atoms with Crippen LogP contribution in [0.3, 0.4) is 0 Å². The van der Waals surface area contributed by atoms with Crippen molar-refractivity contribution >= 4 is 11.6 Å². The molecule has 0 saturated carbocycles. The Morgan fingerprint density at radius 2 is 1.69 bits per heavy atom. The minimum absolute atomic E-state index is 0.173. The summed E-state index contributed by atoms with van der Waals surface area (Å²) in [6, 6.07) is 15.6. The van der Waals surface area contributed by atoms with Crippen LogP contribution in [0.1, 0.15) is 24.4 Å². The Kier molecular flexibility index (Phi) is 5.90. The Hall–Kier alpha value is -2.73. The van der Waals surface area contributed by atoms with E-state index in [4.69, 9.17) is 4.74 Å². The lowest BCUT2D eigenvalue weighted by Gasteiger charge is -2.37. The molecular weight excluding hydrogens is 366 g/mol. The van der Waals surface area contributed by atoms with Gasteiger partial charge in [-0.3, -0.25) is 9.69 Å². The SMILES string of the molecule is COc1ccc(C2CCCN2C(=O)CN2CCN(c3ccc(O)cc3)CC2)cc1. The van der Waals surface area contributed by atoms with E-state index in [0.29, 0.717) is 6.54 Å². The molecule has 6 heteroatoms. The summed E-state index contributed by atoms with van der Waals surface area (Å²) in [5.41, 5.74) is 2.31. The molecule has 1 unspecified atom stereocenters. The van der Waals surface area contributed by atoms with Crippen LogP contribution in [0, 0.1) is 0 Å². The normalized spacial score (nSPS) is 20.1. The molecule has 2 aromatic rings. The highest BCUT2D eigenvalue weighted by Crippen LogP contribution is 2.33. The van der Waals surface area contributed by atoms with Crippen LogP contribution in [0.25, 0.3) is 0 Å². The summed E-state index contributed by atoms with van der Waals surface area (Å²) >= 11 is 0. The third kappa shape index (κ3) is 4.48. The first-order valence-electron chi connectivity index (χ1n) is 10.3. The second kappa shape index (κ2) is 8.74. The van der Waals surface area contributed by atoms with Crippen molar-refractivity contribution < 1.29 is 14.6 Å². The number of phenolic OH excluding ortho intramolecular Hbond substituents is 1. The molecule has 2 aliphatic heterocycles. The summed E-state index contributed by atoms with van der Waals surface area (Å²) < 4.78 is 5.25. The van der Waals surface area contributed by atoms with Gasteiger partial charge in [-0.05, 0) is 54.8 Å². The van der Waals surface area contributed by atoms with Crippen LogP contribution in [0.5, 0.6) is 11.5 Å². The fourth-order valence-electron chi connectivity index (χ4n) is 4.35. The van der Waals surface area contributed by atoms with Gasteiger partial charge in [0.15, 0.2) is 0 Å². The quantitative estimate of drug-likeness (QED) is 0.844. The number of hydrogen-bond donors (Lipinski definition) is 1. The van der Waals surface area contributed by atoms with Crippen LogP contribution in [0.15, 0.2) is 48.5 Å². The number of hydrogen-bond acceptors (Lipinski definition) is 5. The number of ether oxygens (including phenoxy) is 1. The van der Waals surface area contributed by atoms with Gasteiger partial charge in [-0.1, -0.05) is 12.1 Å². The van der Waals surface area contributed by atoms with Gasteiger partial charge in [0, 0.05) is 38.4 Å². The minimum Gasteiger partial charge on any atom is -0.508 e. The maximum absolute atomic E-state index is 13.0. The predicted molar refractivity (Wildman–Crippen MR) is 113 cm³/mol. The highest BCUT2D eigenvalue weighted by Gasteiger charge is 2.31. The Labute approximate surface area is 172 Å². The number of carbonyl (C=O) groups excluding carboxylic acids is 1. The van der Waals surface area contributed by atoms with Gasteiger partial charge in [0.25, 0.3) is 0 Å². The zero-order valence-corrected chi connectivity index (χ0v) is 17.0. The summed E-state index contributed by atoms with van der Waals surface area (Å²) in [7, 11) is 1.67. The van der Waals surface area contributed by atoms with Crippen molar-refractivity contribution in [3.05, 3.63) is 54.1 Å². The van der Waals surface area contributed by atoms with E-state index in [1.807, 2.05) is 29.2 Å². The summed E-state index contributed by atoms with van der Waals surface area (Å²) in [6.07, 6.45) is 2.07. The number of likely N-dealkylation sites (tertiary alicyclic amines) is 1. The van der Waals surface area contributed by atoms with Gasteiger partial charge >= 0.3 is 0 Å². The van der Waals surface area contributed by atoms with Crippen LogP contribution in [0.4, 0.5) is 5.69 Å². The number of piperazine rings is 1. The van der Waals surface area contributed by atoms with Crippen LogP contribution in [-0.4, -0.2) is 67.2 Å². The van der Waals surface area contributed by atoms with Gasteiger partial charge in [-0.2, -0.15) is 0 Å². The van der Waals surface area contributed by atoms with Gasteiger partial charge in [0.1, 0.15) is 11.5 Å². The van der Waals surface area contributed by atoms with E-state index in [-0.39, 0.29) is 17.7 Å². The monoisotopic (exact) mass is 395 g/mol. The lowest BCUT2D eigenvalue weighted by atomic mass is 10.0. The van der Waals surface area contributed by atoms with E-state index in [1.165, 1.54) is 5.56 Å². The number of rotatable bonds is 5. The third-order valence-corrected chi connectivity index (χ3v) is 6.02. The molecule has 0 aromatic heterocycles. The first kappa shape index (κ1) is 19.6. The summed E-state index contributed by atoms with van der Waals surface area (Å²) in [5, 5.41) is 9.45. The lowest BCUT2D eigenvalue weighted by Crippen LogP contribution is -2.50. The van der Waals surface area contributed by atoms with Gasteiger partial charge in [0.05, 0.1) is 19.7 Å². The second-order valence-corrected chi connectivity index (χ2v) is 7.80. The largest absolute Gasteiger partial charge is 0.508 e. The van der Waals surface area contributed by atoms with E-state index in [0.717, 1.165) is 57.0 Å². The Bertz CT molecular complexity index is 814. The number of methoxy groups -OCH3 is 1. The average molecular weight is 396 g/mol. The fraction of sp³-hybridized carbons (Fsp3) is 0.435. The Morgan fingerprint density at radius 3 is 2.34 bits per heavy atom. The average Bonchev–Trinajstić information content (AvgIpc) is 3.25. The molecule has 2 aliphatic rings. The second-order valence-electron chi connectivity index (χ2n) is 7.80. The number of nitrogens with zero attached hydrogens (tertiary/aromatic N) is 3. The van der Waals surface area contributed by atoms with Gasteiger partial charge in [-0.15, -0.1) is 0 Å². The van der Waals surface area contributed by atoms with E-state index >= 15 is 0 Å². The smallest absolute Gasteiger partial charge is 0.237 e. The molecule has 1 atom stereocenters. The third-order valence-electron chi connectivity index (χ3n) is 6.02. The van der Waals surface area contributed by atoms with E-state index in [9.17, 15) is 9.90 Å². The van der Waals surface area contributed by atoms with E-state index in [1.54, 1.807) is 19.2 Å². The molecule has 2 saturated heterocycles. The van der Waals surface area contributed by atoms with Gasteiger partial charge < -0.3 is 19.6 Å².